The minimum absolute atomic E-state index is 0.0792. The highest BCUT2D eigenvalue weighted by molar-refractivity contribution is 5.97. The van der Waals surface area contributed by atoms with Crippen molar-refractivity contribution < 1.29 is 33.8 Å². The number of methoxy groups -OCH3 is 1. The number of hydrogen-bond acceptors (Lipinski definition) is 9. The number of piperazine rings is 1. The lowest BCUT2D eigenvalue weighted by atomic mass is 10.1. The fraction of sp³-hybridized carbons (Fsp3) is 0.548. The first kappa shape index (κ1) is 32.6. The highest BCUT2D eigenvalue weighted by Crippen LogP contribution is 2.24. The number of hydrogen-bond donors (Lipinski definition) is 2. The molecule has 13 heteroatoms. The monoisotopic (exact) mass is 610 g/mol. The Morgan fingerprint density at radius 3 is 2.32 bits per heavy atom. The van der Waals surface area contributed by atoms with Gasteiger partial charge in [-0.25, -0.2) is 14.8 Å². The van der Waals surface area contributed by atoms with Crippen LogP contribution in [0.25, 0.3) is 11.4 Å². The number of carbonyl (C=O) groups is 4. The Bertz CT molecular complexity index is 1280. The topological polar surface area (TPSA) is 154 Å². The van der Waals surface area contributed by atoms with E-state index in [1.54, 1.807) is 23.0 Å². The van der Waals surface area contributed by atoms with Gasteiger partial charge in [0.15, 0.2) is 5.82 Å². The van der Waals surface area contributed by atoms with Crippen molar-refractivity contribution in [2.24, 2.45) is 0 Å². The number of nitrogens with one attached hydrogen (secondary N) is 1. The average molecular weight is 611 g/mol. The van der Waals surface area contributed by atoms with E-state index in [0.717, 1.165) is 31.2 Å². The Labute approximate surface area is 257 Å². The van der Waals surface area contributed by atoms with Crippen molar-refractivity contribution in [1.29, 1.82) is 0 Å². The normalized spacial score (nSPS) is 16.4. The molecule has 3 heterocycles. The molecule has 2 aromatic rings. The Hall–Kier alpha value is -4.26. The van der Waals surface area contributed by atoms with Gasteiger partial charge < -0.3 is 34.6 Å². The van der Waals surface area contributed by atoms with Crippen LogP contribution in [0.2, 0.25) is 0 Å². The van der Waals surface area contributed by atoms with E-state index < -0.39 is 29.9 Å². The number of benzene rings is 1. The molecule has 1 aromatic carbocycles. The summed E-state index contributed by atoms with van der Waals surface area (Å²) in [5, 5.41) is 12.1. The van der Waals surface area contributed by atoms with Gasteiger partial charge in [0.25, 0.3) is 5.91 Å². The van der Waals surface area contributed by atoms with Crippen LogP contribution in [0, 0.1) is 0 Å². The summed E-state index contributed by atoms with van der Waals surface area (Å²) in [6.45, 7) is 4.81. The van der Waals surface area contributed by atoms with Crippen molar-refractivity contribution in [3.63, 3.8) is 0 Å². The molecule has 0 radical (unpaired) electrons. The Kier molecular flexibility index (Phi) is 11.9. The first-order chi connectivity index (χ1) is 21.3. The molecule has 1 atom stereocenters. The summed E-state index contributed by atoms with van der Waals surface area (Å²) in [6, 6.07) is 9.84. The van der Waals surface area contributed by atoms with Gasteiger partial charge in [0.1, 0.15) is 17.6 Å². The summed E-state index contributed by atoms with van der Waals surface area (Å²) in [5.74, 6) is -1.12. The summed E-state index contributed by atoms with van der Waals surface area (Å²) < 4.78 is 10.8. The van der Waals surface area contributed by atoms with Crippen LogP contribution in [0.1, 0.15) is 55.9 Å². The maximum Gasteiger partial charge on any atom is 0.409 e. The third-order valence-corrected chi connectivity index (χ3v) is 7.90. The zero-order valence-corrected chi connectivity index (χ0v) is 25.4. The van der Waals surface area contributed by atoms with Gasteiger partial charge in [0.05, 0.1) is 12.7 Å². The molecule has 2 N–H and O–H groups in total. The predicted octanol–water partition coefficient (Wildman–Crippen LogP) is 2.80. The number of aromatic nitrogens is 2. The third-order valence-electron chi connectivity index (χ3n) is 7.90. The van der Waals surface area contributed by atoms with E-state index in [2.05, 4.69) is 15.2 Å². The summed E-state index contributed by atoms with van der Waals surface area (Å²) in [5.41, 5.74) is 0.815. The summed E-state index contributed by atoms with van der Waals surface area (Å²) in [4.78, 5) is 65.4. The molecule has 1 aromatic heterocycles. The Morgan fingerprint density at radius 2 is 1.68 bits per heavy atom. The number of unbranched alkanes of at least 4 members (excludes halogenated alkanes) is 1. The number of amides is 3. The van der Waals surface area contributed by atoms with Gasteiger partial charge in [-0.15, -0.1) is 0 Å². The van der Waals surface area contributed by atoms with E-state index >= 15 is 0 Å². The molecule has 0 spiro atoms. The molecule has 3 amide bonds. The molecule has 2 saturated heterocycles. The van der Waals surface area contributed by atoms with E-state index in [-0.39, 0.29) is 50.8 Å². The second kappa shape index (κ2) is 16.0. The van der Waals surface area contributed by atoms with E-state index in [1.165, 1.54) is 0 Å². The SMILES string of the molecule is CCCCOC(=O)N1CCN(C(=O)[C@H](CCC(=O)O)NC(=O)c2cc(N3CCC(OC)CC3)nc(-c3ccccc3)n2)CC1. The van der Waals surface area contributed by atoms with Gasteiger partial charge in [-0.1, -0.05) is 43.7 Å². The van der Waals surface area contributed by atoms with E-state index in [1.807, 2.05) is 37.3 Å². The van der Waals surface area contributed by atoms with Gasteiger partial charge in [-0.3, -0.25) is 14.4 Å². The van der Waals surface area contributed by atoms with Crippen molar-refractivity contribution in [2.45, 2.75) is 57.6 Å². The first-order valence-corrected chi connectivity index (χ1v) is 15.2. The zero-order valence-electron chi connectivity index (χ0n) is 25.4. The number of rotatable bonds is 12. The average Bonchev–Trinajstić information content (AvgIpc) is 3.06. The fourth-order valence-corrected chi connectivity index (χ4v) is 5.23. The maximum atomic E-state index is 13.6. The Balaban J connectivity index is 1.50. The molecule has 2 fully saturated rings. The molecule has 2 aliphatic heterocycles. The van der Waals surface area contributed by atoms with Crippen LogP contribution in [-0.4, -0.2) is 114 Å². The number of nitrogens with zero attached hydrogens (tertiary/aromatic N) is 5. The summed E-state index contributed by atoms with van der Waals surface area (Å²) >= 11 is 0. The lowest BCUT2D eigenvalue weighted by Gasteiger charge is -2.36. The number of aliphatic carboxylic acids is 1. The largest absolute Gasteiger partial charge is 0.481 e. The molecule has 238 valence electrons. The molecule has 4 rings (SSSR count). The molecule has 0 saturated carbocycles. The van der Waals surface area contributed by atoms with Crippen LogP contribution in [0.3, 0.4) is 0 Å². The van der Waals surface area contributed by atoms with Gasteiger partial charge >= 0.3 is 12.1 Å². The highest BCUT2D eigenvalue weighted by Gasteiger charge is 2.32. The molecular formula is C31H42N6O7. The molecule has 0 bridgehead atoms. The highest BCUT2D eigenvalue weighted by atomic mass is 16.6. The quantitative estimate of drug-likeness (QED) is 0.343. The van der Waals surface area contributed by atoms with Crippen LogP contribution in [-0.2, 0) is 19.1 Å². The fourth-order valence-electron chi connectivity index (χ4n) is 5.23. The van der Waals surface area contributed by atoms with Crippen molar-refractivity contribution in [1.82, 2.24) is 25.1 Å². The number of anilines is 1. The smallest absolute Gasteiger partial charge is 0.409 e. The van der Waals surface area contributed by atoms with E-state index in [0.29, 0.717) is 31.3 Å². The zero-order chi connectivity index (χ0) is 31.5. The van der Waals surface area contributed by atoms with E-state index in [4.69, 9.17) is 14.5 Å². The lowest BCUT2D eigenvalue weighted by molar-refractivity contribution is -0.138. The van der Waals surface area contributed by atoms with Gasteiger partial charge in [-0.05, 0) is 25.7 Å². The molecule has 13 nitrogen and oxygen atoms in total. The number of ether oxygens (including phenoxy) is 2. The van der Waals surface area contributed by atoms with Gasteiger partial charge in [0, 0.05) is 64.4 Å². The molecule has 0 unspecified atom stereocenters. The van der Waals surface area contributed by atoms with Gasteiger partial charge in [0.2, 0.25) is 5.91 Å². The maximum absolute atomic E-state index is 13.6. The number of piperidine rings is 1. The summed E-state index contributed by atoms with van der Waals surface area (Å²) in [7, 11) is 1.70. The molecule has 44 heavy (non-hydrogen) atoms. The van der Waals surface area contributed by atoms with E-state index in [9.17, 15) is 24.3 Å². The molecule has 0 aliphatic carbocycles. The summed E-state index contributed by atoms with van der Waals surface area (Å²) in [6.07, 6.45) is 2.68. The second-order valence-corrected chi connectivity index (χ2v) is 11.0. The van der Waals surface area contributed by atoms with Crippen LogP contribution < -0.4 is 10.2 Å². The second-order valence-electron chi connectivity index (χ2n) is 11.0. The van der Waals surface area contributed by atoms with Crippen molar-refractivity contribution in [3.05, 3.63) is 42.1 Å². The van der Waals surface area contributed by atoms with Crippen LogP contribution >= 0.6 is 0 Å². The van der Waals surface area contributed by atoms with Crippen LogP contribution in [0.15, 0.2) is 36.4 Å². The van der Waals surface area contributed by atoms with Crippen molar-refractivity contribution in [2.75, 3.05) is 57.9 Å². The van der Waals surface area contributed by atoms with Crippen LogP contribution in [0.4, 0.5) is 10.6 Å². The Morgan fingerprint density at radius 1 is 1.00 bits per heavy atom. The first-order valence-electron chi connectivity index (χ1n) is 15.2. The van der Waals surface area contributed by atoms with Crippen molar-refractivity contribution >= 4 is 29.7 Å². The van der Waals surface area contributed by atoms with Crippen LogP contribution in [0.5, 0.6) is 0 Å². The molecule has 2 aliphatic rings. The number of carboxylic acid groups (broad SMARTS) is 1. The molecular weight excluding hydrogens is 568 g/mol. The third kappa shape index (κ3) is 8.88. The van der Waals surface area contributed by atoms with Crippen molar-refractivity contribution in [3.8, 4) is 11.4 Å². The standard InChI is InChI=1S/C31H42N6O7/c1-3-4-20-44-31(42)37-18-16-36(17-19-37)30(41)24(10-11-27(38)39)33-29(40)25-21-26(35-14-12-23(43-2)13-15-35)34-28(32-25)22-8-6-5-7-9-22/h5-9,21,23-24H,3-4,10-20H2,1-2H3,(H,33,40)(H,38,39)/t24-/m0/s1. The minimum atomic E-state index is -1.09. The number of carboxylic acids is 1. The predicted molar refractivity (Wildman–Crippen MR) is 162 cm³/mol. The van der Waals surface area contributed by atoms with Gasteiger partial charge in [-0.2, -0.15) is 0 Å². The lowest BCUT2D eigenvalue weighted by Crippen LogP contribution is -2.56. The number of carbonyl (C=O) groups excluding carboxylic acids is 3. The minimum Gasteiger partial charge on any atom is -0.481 e.